The monoisotopic (exact) mass is 276 g/mol. The van der Waals surface area contributed by atoms with Crippen molar-refractivity contribution in [3.63, 3.8) is 0 Å². The predicted octanol–water partition coefficient (Wildman–Crippen LogP) is 1.48. The van der Waals surface area contributed by atoms with Gasteiger partial charge in [0.15, 0.2) is 0 Å². The Bertz CT molecular complexity index is 450. The molecule has 1 amide bonds. The van der Waals surface area contributed by atoms with Gasteiger partial charge >= 0.3 is 0 Å². The number of carbonyl (C=O) groups excluding carboxylic acids is 1. The molecule has 1 aliphatic carbocycles. The van der Waals surface area contributed by atoms with Crippen LogP contribution in [0.5, 0.6) is 0 Å². The third kappa shape index (κ3) is 2.35. The zero-order valence-corrected chi connectivity index (χ0v) is 12.1. The fourth-order valence-electron chi connectivity index (χ4n) is 3.65. The number of carbonyl (C=O) groups is 1. The first-order valence-electron chi connectivity index (χ1n) is 7.74. The Labute approximate surface area is 120 Å². The maximum atomic E-state index is 12.7. The molecule has 0 radical (unpaired) electrons. The number of nitrogens with one attached hydrogen (secondary N) is 2. The summed E-state index contributed by atoms with van der Waals surface area (Å²) in [5, 5.41) is 6.66. The molecule has 1 saturated heterocycles. The van der Waals surface area contributed by atoms with Gasteiger partial charge in [0.25, 0.3) is 0 Å². The van der Waals surface area contributed by atoms with Crippen LogP contribution in [-0.4, -0.2) is 34.6 Å². The standard InChI is InChI=1S/C15H24N4O/c1-2-15(6-7-16-10-15)14(20)18-12-4-3-5-13(12)19-9-8-17-11-19/h8-9,11-13,16H,2-7,10H2,1H3,(H,18,20). The number of imidazole rings is 1. The lowest BCUT2D eigenvalue weighted by Crippen LogP contribution is -2.47. The third-order valence-corrected chi connectivity index (χ3v) is 5.11. The molecule has 5 nitrogen and oxygen atoms in total. The second-order valence-electron chi connectivity index (χ2n) is 6.15. The Morgan fingerprint density at radius 2 is 2.45 bits per heavy atom. The van der Waals surface area contributed by atoms with Crippen LogP contribution in [0.15, 0.2) is 18.7 Å². The summed E-state index contributed by atoms with van der Waals surface area (Å²) in [4.78, 5) is 16.8. The van der Waals surface area contributed by atoms with E-state index in [-0.39, 0.29) is 17.4 Å². The van der Waals surface area contributed by atoms with Crippen LogP contribution >= 0.6 is 0 Å². The van der Waals surface area contributed by atoms with Crippen LogP contribution in [0, 0.1) is 5.41 Å². The summed E-state index contributed by atoms with van der Waals surface area (Å²) >= 11 is 0. The summed E-state index contributed by atoms with van der Waals surface area (Å²) in [6.45, 7) is 3.89. The van der Waals surface area contributed by atoms with Gasteiger partial charge in [-0.15, -0.1) is 0 Å². The summed E-state index contributed by atoms with van der Waals surface area (Å²) < 4.78 is 2.14. The van der Waals surface area contributed by atoms with Crippen molar-refractivity contribution in [3.05, 3.63) is 18.7 Å². The van der Waals surface area contributed by atoms with Gasteiger partial charge in [0.05, 0.1) is 17.8 Å². The molecule has 20 heavy (non-hydrogen) atoms. The average molecular weight is 276 g/mol. The van der Waals surface area contributed by atoms with E-state index < -0.39 is 0 Å². The Balaban J connectivity index is 1.69. The molecule has 1 aromatic rings. The average Bonchev–Trinajstić information content (AvgIpc) is 3.20. The smallest absolute Gasteiger partial charge is 0.227 e. The number of rotatable bonds is 4. The van der Waals surface area contributed by atoms with Gasteiger partial charge in [-0.25, -0.2) is 4.98 Å². The van der Waals surface area contributed by atoms with Crippen LogP contribution in [0.2, 0.25) is 0 Å². The van der Waals surface area contributed by atoms with Gasteiger partial charge in [-0.1, -0.05) is 6.92 Å². The van der Waals surface area contributed by atoms with Crippen LogP contribution < -0.4 is 10.6 Å². The highest BCUT2D eigenvalue weighted by molar-refractivity contribution is 5.83. The van der Waals surface area contributed by atoms with Crippen LogP contribution in [0.25, 0.3) is 0 Å². The molecule has 1 saturated carbocycles. The number of hydrogen-bond acceptors (Lipinski definition) is 3. The highest BCUT2D eigenvalue weighted by atomic mass is 16.2. The van der Waals surface area contributed by atoms with Gasteiger partial charge in [-0.2, -0.15) is 0 Å². The quantitative estimate of drug-likeness (QED) is 0.876. The molecule has 1 aliphatic heterocycles. The normalized spacial score (nSPS) is 33.5. The second-order valence-corrected chi connectivity index (χ2v) is 6.15. The molecule has 5 heteroatoms. The van der Waals surface area contributed by atoms with Crippen LogP contribution in [-0.2, 0) is 4.79 Å². The maximum Gasteiger partial charge on any atom is 0.227 e. The summed E-state index contributed by atoms with van der Waals surface area (Å²) in [6.07, 6.45) is 10.9. The van der Waals surface area contributed by atoms with Gasteiger partial charge < -0.3 is 15.2 Å². The first-order valence-corrected chi connectivity index (χ1v) is 7.74. The lowest BCUT2D eigenvalue weighted by Gasteiger charge is -2.30. The summed E-state index contributed by atoms with van der Waals surface area (Å²) in [7, 11) is 0. The molecule has 2 N–H and O–H groups in total. The Hall–Kier alpha value is -1.36. The molecular formula is C15H24N4O. The molecule has 3 rings (SSSR count). The van der Waals surface area contributed by atoms with Crippen molar-refractivity contribution in [2.45, 2.75) is 51.1 Å². The van der Waals surface area contributed by atoms with Gasteiger partial charge in [-0.05, 0) is 38.6 Å². The van der Waals surface area contributed by atoms with Crippen molar-refractivity contribution in [1.82, 2.24) is 20.2 Å². The summed E-state index contributed by atoms with van der Waals surface area (Å²) in [6, 6.07) is 0.616. The van der Waals surface area contributed by atoms with Crippen LogP contribution in [0.1, 0.15) is 45.1 Å². The molecule has 1 aromatic heterocycles. The fraction of sp³-hybridized carbons (Fsp3) is 0.733. The molecule has 3 atom stereocenters. The van der Waals surface area contributed by atoms with Crippen molar-refractivity contribution < 1.29 is 4.79 Å². The van der Waals surface area contributed by atoms with E-state index >= 15 is 0 Å². The highest BCUT2D eigenvalue weighted by Crippen LogP contribution is 2.33. The Morgan fingerprint density at radius 3 is 3.10 bits per heavy atom. The number of hydrogen-bond donors (Lipinski definition) is 2. The minimum Gasteiger partial charge on any atom is -0.351 e. The summed E-state index contributed by atoms with van der Waals surface area (Å²) in [5.74, 6) is 0.238. The molecule has 110 valence electrons. The molecular weight excluding hydrogens is 252 g/mol. The molecule has 0 spiro atoms. The van der Waals surface area contributed by atoms with E-state index in [1.807, 2.05) is 18.7 Å². The maximum absolute atomic E-state index is 12.7. The first-order chi connectivity index (χ1) is 9.75. The van der Waals surface area contributed by atoms with Crippen LogP contribution in [0.4, 0.5) is 0 Å². The molecule has 2 fully saturated rings. The van der Waals surface area contributed by atoms with Gasteiger partial charge in [0.2, 0.25) is 5.91 Å². The zero-order valence-electron chi connectivity index (χ0n) is 12.1. The van der Waals surface area contributed by atoms with Crippen molar-refractivity contribution in [2.24, 2.45) is 5.41 Å². The molecule has 0 aromatic carbocycles. The molecule has 2 aliphatic rings. The van der Waals surface area contributed by atoms with Crippen molar-refractivity contribution >= 4 is 5.91 Å². The summed E-state index contributed by atoms with van der Waals surface area (Å²) in [5.41, 5.74) is -0.192. The van der Waals surface area contributed by atoms with Crippen molar-refractivity contribution in [1.29, 1.82) is 0 Å². The van der Waals surface area contributed by atoms with E-state index in [0.29, 0.717) is 6.04 Å². The highest BCUT2D eigenvalue weighted by Gasteiger charge is 2.41. The second kappa shape index (κ2) is 5.56. The van der Waals surface area contributed by atoms with Gasteiger partial charge in [0.1, 0.15) is 0 Å². The van der Waals surface area contributed by atoms with Crippen molar-refractivity contribution in [2.75, 3.05) is 13.1 Å². The van der Waals surface area contributed by atoms with E-state index in [1.54, 1.807) is 0 Å². The Kier molecular flexibility index (Phi) is 3.78. The Morgan fingerprint density at radius 1 is 1.55 bits per heavy atom. The SMILES string of the molecule is CCC1(C(=O)NC2CCCC2n2ccnc2)CCNC1. The van der Waals surface area contributed by atoms with E-state index in [9.17, 15) is 4.79 Å². The predicted molar refractivity (Wildman–Crippen MR) is 77.3 cm³/mol. The van der Waals surface area contributed by atoms with Gasteiger partial charge in [-0.3, -0.25) is 4.79 Å². The topological polar surface area (TPSA) is 59.0 Å². The fourth-order valence-corrected chi connectivity index (χ4v) is 3.65. The van der Waals surface area contributed by atoms with E-state index in [4.69, 9.17) is 0 Å². The van der Waals surface area contributed by atoms with E-state index in [2.05, 4.69) is 27.1 Å². The minimum absolute atomic E-state index is 0.192. The molecule has 2 heterocycles. The minimum atomic E-state index is -0.192. The first kappa shape index (κ1) is 13.6. The number of amides is 1. The largest absolute Gasteiger partial charge is 0.351 e. The molecule has 3 unspecified atom stereocenters. The lowest BCUT2D eigenvalue weighted by molar-refractivity contribution is -0.131. The molecule has 0 bridgehead atoms. The zero-order chi connectivity index (χ0) is 14.0. The lowest BCUT2D eigenvalue weighted by atomic mass is 9.83. The van der Waals surface area contributed by atoms with Crippen LogP contribution in [0.3, 0.4) is 0 Å². The van der Waals surface area contributed by atoms with Crippen molar-refractivity contribution in [3.8, 4) is 0 Å². The van der Waals surface area contributed by atoms with E-state index in [1.165, 1.54) is 6.42 Å². The number of nitrogens with zero attached hydrogens (tertiary/aromatic N) is 2. The van der Waals surface area contributed by atoms with Gasteiger partial charge in [0, 0.05) is 25.0 Å². The van der Waals surface area contributed by atoms with E-state index in [0.717, 1.165) is 38.8 Å². The third-order valence-electron chi connectivity index (χ3n) is 5.11. The number of aromatic nitrogens is 2.